The van der Waals surface area contributed by atoms with Crippen LogP contribution in [0.2, 0.25) is 0 Å². The van der Waals surface area contributed by atoms with Crippen LogP contribution in [0.25, 0.3) is 0 Å². The van der Waals surface area contributed by atoms with E-state index in [1.54, 1.807) is 13.4 Å². The van der Waals surface area contributed by atoms with Crippen LogP contribution in [0.4, 0.5) is 5.69 Å². The summed E-state index contributed by atoms with van der Waals surface area (Å²) in [6.45, 7) is 6.85. The lowest BCUT2D eigenvalue weighted by Gasteiger charge is -2.38. The standard InChI is InChI=1S/C23H33N5O2/c1-24-23(25-18-21(22-9-6-16-30-22)27-10-3-4-11-27)28-14-12-26(13-15-28)19-7-5-8-20(17-19)29-2/h5-9,16-17,21H,3-4,10-15,18H2,1-2H3,(H,24,25). The SMILES string of the molecule is CN=C(NCC(c1ccco1)N1CCCC1)N1CCN(c2cccc(OC)c2)CC1. The van der Waals surface area contributed by atoms with Crippen molar-refractivity contribution in [2.45, 2.75) is 18.9 Å². The van der Waals surface area contributed by atoms with E-state index in [4.69, 9.17) is 9.15 Å². The first kappa shape index (κ1) is 20.6. The van der Waals surface area contributed by atoms with Crippen molar-refractivity contribution in [3.8, 4) is 5.75 Å². The molecule has 4 rings (SSSR count). The lowest BCUT2D eigenvalue weighted by atomic mass is 10.2. The van der Waals surface area contributed by atoms with Gasteiger partial charge < -0.3 is 24.3 Å². The summed E-state index contributed by atoms with van der Waals surface area (Å²) in [4.78, 5) is 11.8. The van der Waals surface area contributed by atoms with Gasteiger partial charge in [0.05, 0.1) is 19.4 Å². The van der Waals surface area contributed by atoms with Crippen molar-refractivity contribution in [1.82, 2.24) is 15.1 Å². The van der Waals surface area contributed by atoms with E-state index in [1.165, 1.54) is 18.5 Å². The third-order valence-electron chi connectivity index (χ3n) is 6.12. The van der Waals surface area contributed by atoms with Crippen molar-refractivity contribution in [1.29, 1.82) is 0 Å². The predicted molar refractivity (Wildman–Crippen MR) is 120 cm³/mol. The third kappa shape index (κ3) is 4.73. The molecule has 2 saturated heterocycles. The molecule has 3 heterocycles. The minimum Gasteiger partial charge on any atom is -0.497 e. The number of hydrogen-bond acceptors (Lipinski definition) is 5. The average Bonchev–Trinajstić information content (AvgIpc) is 3.52. The van der Waals surface area contributed by atoms with E-state index in [0.29, 0.717) is 0 Å². The van der Waals surface area contributed by atoms with E-state index in [0.717, 1.165) is 63.3 Å². The van der Waals surface area contributed by atoms with Gasteiger partial charge in [-0.05, 0) is 50.2 Å². The number of nitrogens with one attached hydrogen (secondary N) is 1. The number of benzene rings is 1. The molecule has 0 bridgehead atoms. The topological polar surface area (TPSA) is 56.5 Å². The molecule has 0 radical (unpaired) electrons. The van der Waals surface area contributed by atoms with Crippen molar-refractivity contribution in [2.75, 3.05) is 64.9 Å². The van der Waals surface area contributed by atoms with Gasteiger partial charge in [-0.25, -0.2) is 0 Å². The number of furan rings is 1. The molecule has 1 unspecified atom stereocenters. The number of ether oxygens (including phenoxy) is 1. The minimum absolute atomic E-state index is 0.248. The van der Waals surface area contributed by atoms with Crippen LogP contribution in [0.3, 0.4) is 0 Å². The summed E-state index contributed by atoms with van der Waals surface area (Å²) in [6, 6.07) is 12.6. The predicted octanol–water partition coefficient (Wildman–Crippen LogP) is 2.82. The van der Waals surface area contributed by atoms with Gasteiger partial charge in [0.15, 0.2) is 5.96 Å². The van der Waals surface area contributed by atoms with E-state index in [-0.39, 0.29) is 6.04 Å². The monoisotopic (exact) mass is 411 g/mol. The Bertz CT molecular complexity index is 809. The molecule has 2 aliphatic rings. The maximum Gasteiger partial charge on any atom is 0.193 e. The largest absolute Gasteiger partial charge is 0.497 e. The van der Waals surface area contributed by atoms with Gasteiger partial charge in [-0.3, -0.25) is 9.89 Å². The molecule has 7 nitrogen and oxygen atoms in total. The van der Waals surface area contributed by atoms with Crippen molar-refractivity contribution < 1.29 is 9.15 Å². The summed E-state index contributed by atoms with van der Waals surface area (Å²) in [5.41, 5.74) is 1.21. The van der Waals surface area contributed by atoms with Crippen LogP contribution in [-0.4, -0.2) is 75.7 Å². The summed E-state index contributed by atoms with van der Waals surface area (Å²) in [7, 11) is 3.58. The molecular formula is C23H33N5O2. The molecule has 7 heteroatoms. The second-order valence-corrected chi connectivity index (χ2v) is 7.88. The molecule has 2 fully saturated rings. The normalized spacial score (nSPS) is 19.2. The number of guanidine groups is 1. The quantitative estimate of drug-likeness (QED) is 0.583. The average molecular weight is 412 g/mol. The van der Waals surface area contributed by atoms with Crippen LogP contribution in [0.15, 0.2) is 52.1 Å². The van der Waals surface area contributed by atoms with Crippen molar-refractivity contribution in [2.24, 2.45) is 4.99 Å². The zero-order chi connectivity index (χ0) is 20.8. The zero-order valence-corrected chi connectivity index (χ0v) is 18.1. The number of likely N-dealkylation sites (tertiary alicyclic amines) is 1. The van der Waals surface area contributed by atoms with Crippen LogP contribution < -0.4 is 15.0 Å². The van der Waals surface area contributed by atoms with Crippen LogP contribution in [0, 0.1) is 0 Å². The van der Waals surface area contributed by atoms with Gasteiger partial charge >= 0.3 is 0 Å². The van der Waals surface area contributed by atoms with Crippen molar-refractivity contribution in [3.63, 3.8) is 0 Å². The first-order valence-electron chi connectivity index (χ1n) is 10.9. The maximum absolute atomic E-state index is 5.75. The lowest BCUT2D eigenvalue weighted by molar-refractivity contribution is 0.213. The molecule has 0 amide bonds. The molecule has 2 aliphatic heterocycles. The van der Waals surface area contributed by atoms with E-state index in [9.17, 15) is 0 Å². The highest BCUT2D eigenvalue weighted by Crippen LogP contribution is 2.25. The van der Waals surface area contributed by atoms with Crippen LogP contribution >= 0.6 is 0 Å². The highest BCUT2D eigenvalue weighted by molar-refractivity contribution is 5.80. The van der Waals surface area contributed by atoms with Gasteiger partial charge in [0.1, 0.15) is 11.5 Å². The number of rotatable bonds is 6. The van der Waals surface area contributed by atoms with Crippen LogP contribution in [0.1, 0.15) is 24.6 Å². The number of hydrogen-bond donors (Lipinski definition) is 1. The number of anilines is 1. The maximum atomic E-state index is 5.75. The number of piperazine rings is 1. The molecule has 30 heavy (non-hydrogen) atoms. The first-order chi connectivity index (χ1) is 14.8. The Kier molecular flexibility index (Phi) is 6.79. The van der Waals surface area contributed by atoms with Gasteiger partial charge in [0.25, 0.3) is 0 Å². The zero-order valence-electron chi connectivity index (χ0n) is 18.1. The first-order valence-corrected chi connectivity index (χ1v) is 10.9. The molecule has 1 atom stereocenters. The fourth-order valence-corrected chi connectivity index (χ4v) is 4.45. The van der Waals surface area contributed by atoms with Gasteiger partial charge in [-0.15, -0.1) is 0 Å². The highest BCUT2D eigenvalue weighted by Gasteiger charge is 2.27. The molecule has 0 aliphatic carbocycles. The van der Waals surface area contributed by atoms with E-state index in [2.05, 4.69) is 43.2 Å². The molecule has 162 valence electrons. The summed E-state index contributed by atoms with van der Waals surface area (Å²) in [6.07, 6.45) is 4.29. The molecule has 2 aromatic rings. The second kappa shape index (κ2) is 9.89. The third-order valence-corrected chi connectivity index (χ3v) is 6.12. The van der Waals surface area contributed by atoms with Gasteiger partial charge in [-0.2, -0.15) is 0 Å². The minimum atomic E-state index is 0.248. The Morgan fingerprint density at radius 2 is 1.90 bits per heavy atom. The van der Waals surface area contributed by atoms with Crippen LogP contribution in [0.5, 0.6) is 5.75 Å². The summed E-state index contributed by atoms with van der Waals surface area (Å²) >= 11 is 0. The molecule has 0 spiro atoms. The van der Waals surface area contributed by atoms with Crippen molar-refractivity contribution >= 4 is 11.6 Å². The van der Waals surface area contributed by atoms with E-state index < -0.39 is 0 Å². The van der Waals surface area contributed by atoms with Gasteiger partial charge in [0, 0.05) is 51.5 Å². The molecule has 1 N–H and O–H groups in total. The van der Waals surface area contributed by atoms with Crippen LogP contribution in [-0.2, 0) is 0 Å². The second-order valence-electron chi connectivity index (χ2n) is 7.88. The summed E-state index contributed by atoms with van der Waals surface area (Å²) < 4.78 is 11.1. The Morgan fingerprint density at radius 1 is 1.10 bits per heavy atom. The van der Waals surface area contributed by atoms with E-state index >= 15 is 0 Å². The molecule has 0 saturated carbocycles. The number of methoxy groups -OCH3 is 1. The fourth-order valence-electron chi connectivity index (χ4n) is 4.45. The van der Waals surface area contributed by atoms with Gasteiger partial charge in [-0.1, -0.05) is 6.07 Å². The Balaban J connectivity index is 1.34. The highest BCUT2D eigenvalue weighted by atomic mass is 16.5. The molecular weight excluding hydrogens is 378 g/mol. The molecule has 1 aromatic heterocycles. The van der Waals surface area contributed by atoms with E-state index in [1.807, 2.05) is 25.2 Å². The number of aliphatic imine (C=N–C) groups is 1. The number of nitrogens with zero attached hydrogens (tertiary/aromatic N) is 4. The Hall–Kier alpha value is -2.67. The smallest absolute Gasteiger partial charge is 0.193 e. The molecule has 1 aromatic carbocycles. The fraction of sp³-hybridized carbons (Fsp3) is 0.522. The Morgan fingerprint density at radius 3 is 2.57 bits per heavy atom. The van der Waals surface area contributed by atoms with Crippen molar-refractivity contribution in [3.05, 3.63) is 48.4 Å². The Labute approximate surface area is 179 Å². The van der Waals surface area contributed by atoms with Gasteiger partial charge in [0.2, 0.25) is 0 Å². The lowest BCUT2D eigenvalue weighted by Crippen LogP contribution is -2.53. The summed E-state index contributed by atoms with van der Waals surface area (Å²) in [5, 5.41) is 3.61. The summed E-state index contributed by atoms with van der Waals surface area (Å²) in [5.74, 6) is 2.90.